The van der Waals surface area contributed by atoms with Crippen molar-refractivity contribution in [3.63, 3.8) is 0 Å². The maximum atomic E-state index is 14.0. The van der Waals surface area contributed by atoms with Gasteiger partial charge in [-0.15, -0.1) is 0 Å². The van der Waals surface area contributed by atoms with Crippen LogP contribution in [0.4, 0.5) is 10.6 Å². The molecule has 0 radical (unpaired) electrons. The van der Waals surface area contributed by atoms with Crippen molar-refractivity contribution in [2.45, 2.75) is 44.4 Å². The van der Waals surface area contributed by atoms with Crippen molar-refractivity contribution >= 4 is 17.5 Å². The van der Waals surface area contributed by atoms with Crippen LogP contribution in [0.15, 0.2) is 30.2 Å². The number of nitrogens with one attached hydrogen (secondary N) is 2. The zero-order chi connectivity index (χ0) is 21.8. The van der Waals surface area contributed by atoms with Gasteiger partial charge in [0.05, 0.1) is 23.5 Å². The number of nitrogens with zero attached hydrogens (tertiary/aromatic N) is 5. The Morgan fingerprint density at radius 2 is 2.09 bits per heavy atom. The molecule has 1 unspecified atom stereocenters. The standard InChI is InChI=1S/C23H27N7O2/c1-23(2)20-14-9-30(23)22(32)29-11-16-13-7-12(13)8-28(16)10-17(29)19(31)18(25-21(14)27-26-20)15-5-3-4-6-24-15/h3-6,12-13,16-17,31H,7-11H2,1-2H3,(H2,25,26,27)/b19-18-/t12-,13?,16-,17-/m1/s1. The lowest BCUT2D eigenvalue weighted by atomic mass is 10.00. The number of piperazine rings is 1. The summed E-state index contributed by atoms with van der Waals surface area (Å²) in [6.45, 7) is 6.95. The van der Waals surface area contributed by atoms with Gasteiger partial charge in [-0.2, -0.15) is 5.10 Å². The van der Waals surface area contributed by atoms with Gasteiger partial charge in [0.15, 0.2) is 5.82 Å². The molecule has 0 aromatic carbocycles. The van der Waals surface area contributed by atoms with Crippen LogP contribution in [0.1, 0.15) is 37.2 Å². The number of aromatic nitrogens is 3. The zero-order valence-electron chi connectivity index (χ0n) is 18.2. The third-order valence-electron chi connectivity index (χ3n) is 8.26. The van der Waals surface area contributed by atoms with Crippen LogP contribution in [-0.4, -0.2) is 72.7 Å². The van der Waals surface area contributed by atoms with Gasteiger partial charge in [0.2, 0.25) is 0 Å². The Hall–Kier alpha value is -3.07. The summed E-state index contributed by atoms with van der Waals surface area (Å²) in [6, 6.07) is 5.56. The smallest absolute Gasteiger partial charge is 0.321 e. The minimum absolute atomic E-state index is 0.0203. The topological polar surface area (TPSA) is 101 Å². The minimum atomic E-state index is -0.510. The average Bonchev–Trinajstić information content (AvgIpc) is 3.17. The van der Waals surface area contributed by atoms with Crippen LogP contribution in [0.3, 0.4) is 0 Å². The highest BCUT2D eigenvalue weighted by Gasteiger charge is 2.57. The van der Waals surface area contributed by atoms with Crippen molar-refractivity contribution < 1.29 is 9.90 Å². The predicted molar refractivity (Wildman–Crippen MR) is 117 cm³/mol. The zero-order valence-corrected chi connectivity index (χ0v) is 18.2. The molecule has 2 saturated heterocycles. The number of hydrogen-bond donors (Lipinski definition) is 3. The van der Waals surface area contributed by atoms with Crippen LogP contribution >= 0.6 is 0 Å². The third-order valence-corrected chi connectivity index (χ3v) is 8.26. The van der Waals surface area contributed by atoms with Crippen molar-refractivity contribution in [1.82, 2.24) is 29.9 Å². The number of fused-ring (bicyclic) bond motifs is 5. The number of rotatable bonds is 1. The summed E-state index contributed by atoms with van der Waals surface area (Å²) in [5.74, 6) is 2.22. The number of urea groups is 1. The number of aliphatic hydroxyl groups excluding tert-OH is 1. The Morgan fingerprint density at radius 1 is 1.22 bits per heavy atom. The first kappa shape index (κ1) is 18.5. The molecular weight excluding hydrogens is 406 g/mol. The number of anilines is 1. The molecule has 0 spiro atoms. The van der Waals surface area contributed by atoms with Gasteiger partial charge >= 0.3 is 6.03 Å². The molecule has 3 fully saturated rings. The number of piperidine rings is 1. The summed E-state index contributed by atoms with van der Waals surface area (Å²) in [5, 5.41) is 22.7. The van der Waals surface area contributed by atoms with Crippen molar-refractivity contribution in [3.8, 4) is 0 Å². The lowest BCUT2D eigenvalue weighted by molar-refractivity contribution is 0.0303. The number of aromatic amines is 1. The predicted octanol–water partition coefficient (Wildman–Crippen LogP) is 2.33. The highest BCUT2D eigenvalue weighted by Crippen LogP contribution is 2.52. The van der Waals surface area contributed by atoms with Gasteiger partial charge in [-0.3, -0.25) is 15.0 Å². The van der Waals surface area contributed by atoms with E-state index in [9.17, 15) is 9.90 Å². The van der Waals surface area contributed by atoms with Gasteiger partial charge in [-0.05, 0) is 44.2 Å². The fraction of sp³-hybridized carbons (Fsp3) is 0.522. The van der Waals surface area contributed by atoms with Crippen LogP contribution in [0.25, 0.3) is 5.70 Å². The lowest BCUT2D eigenvalue weighted by Crippen LogP contribution is -2.63. The second-order valence-corrected chi connectivity index (χ2v) is 10.3. The van der Waals surface area contributed by atoms with E-state index >= 15 is 0 Å². The summed E-state index contributed by atoms with van der Waals surface area (Å²) in [4.78, 5) is 24.8. The lowest BCUT2D eigenvalue weighted by Gasteiger charge is -2.47. The van der Waals surface area contributed by atoms with Gasteiger partial charge in [0, 0.05) is 37.4 Å². The second kappa shape index (κ2) is 6.04. The molecule has 4 atom stereocenters. The molecule has 1 aliphatic carbocycles. The van der Waals surface area contributed by atoms with E-state index < -0.39 is 11.6 Å². The van der Waals surface area contributed by atoms with Gasteiger partial charge in [-0.1, -0.05) is 6.07 Å². The fourth-order valence-electron chi connectivity index (χ4n) is 6.35. The van der Waals surface area contributed by atoms with Gasteiger partial charge in [0.25, 0.3) is 0 Å². The largest absolute Gasteiger partial charge is 0.508 e. The molecule has 3 N–H and O–H groups in total. The molecule has 2 aromatic heterocycles. The normalized spacial score (nSPS) is 34.6. The average molecular weight is 434 g/mol. The third kappa shape index (κ3) is 2.34. The minimum Gasteiger partial charge on any atom is -0.508 e. The molecule has 32 heavy (non-hydrogen) atoms. The SMILES string of the molecule is CC1(C)c2[nH]nc3c2CN1C(=O)N1C[C@@H]2C4C[C@@H]4CN2C[C@@H]1/C(O)=C(\c1ccccn1)N3. The molecule has 5 aliphatic rings. The van der Waals surface area contributed by atoms with Crippen molar-refractivity contribution in [2.24, 2.45) is 11.8 Å². The van der Waals surface area contributed by atoms with E-state index in [-0.39, 0.29) is 11.8 Å². The molecule has 7 rings (SSSR count). The van der Waals surface area contributed by atoms with Gasteiger partial charge in [-0.25, -0.2) is 4.79 Å². The number of hydrogen-bond acceptors (Lipinski definition) is 6. The summed E-state index contributed by atoms with van der Waals surface area (Å²) in [7, 11) is 0. The number of aliphatic hydroxyl groups is 1. The maximum Gasteiger partial charge on any atom is 0.321 e. The summed E-state index contributed by atoms with van der Waals surface area (Å²) in [6.07, 6.45) is 2.98. The monoisotopic (exact) mass is 433 g/mol. The summed E-state index contributed by atoms with van der Waals surface area (Å²) >= 11 is 0. The second-order valence-electron chi connectivity index (χ2n) is 10.3. The molecule has 9 heteroatoms. The van der Waals surface area contributed by atoms with Gasteiger partial charge < -0.3 is 20.2 Å². The number of pyridine rings is 1. The van der Waals surface area contributed by atoms with Crippen molar-refractivity contribution in [2.75, 3.05) is 25.0 Å². The quantitative estimate of drug-likeness (QED) is 0.638. The molecule has 9 nitrogen and oxygen atoms in total. The highest BCUT2D eigenvalue weighted by atomic mass is 16.3. The first-order valence-electron chi connectivity index (χ1n) is 11.4. The number of carbonyl (C=O) groups excluding carboxylic acids is 1. The summed E-state index contributed by atoms with van der Waals surface area (Å²) in [5.41, 5.74) is 2.54. The maximum absolute atomic E-state index is 14.0. The van der Waals surface area contributed by atoms with Crippen LogP contribution in [0, 0.1) is 11.8 Å². The molecular formula is C23H27N7O2. The number of carbonyl (C=O) groups is 1. The Bertz CT molecular complexity index is 1160. The highest BCUT2D eigenvalue weighted by molar-refractivity contribution is 5.83. The van der Waals surface area contributed by atoms with E-state index in [0.717, 1.165) is 23.7 Å². The Labute approximate surface area is 186 Å². The first-order valence-corrected chi connectivity index (χ1v) is 11.4. The Balaban J connectivity index is 1.41. The van der Waals surface area contributed by atoms with E-state index in [1.807, 2.05) is 28.0 Å². The van der Waals surface area contributed by atoms with E-state index in [2.05, 4.69) is 39.2 Å². The molecule has 1 saturated carbocycles. The summed E-state index contributed by atoms with van der Waals surface area (Å²) < 4.78 is 0. The van der Waals surface area contributed by atoms with Crippen molar-refractivity contribution in [1.29, 1.82) is 0 Å². The van der Waals surface area contributed by atoms with E-state index in [0.29, 0.717) is 48.8 Å². The molecule has 166 valence electrons. The van der Waals surface area contributed by atoms with E-state index in [1.165, 1.54) is 6.42 Å². The Morgan fingerprint density at radius 3 is 2.91 bits per heavy atom. The van der Waals surface area contributed by atoms with E-state index in [1.54, 1.807) is 6.20 Å². The van der Waals surface area contributed by atoms with Crippen LogP contribution in [-0.2, 0) is 12.1 Å². The van der Waals surface area contributed by atoms with Crippen LogP contribution < -0.4 is 5.32 Å². The molecule has 4 aliphatic heterocycles. The van der Waals surface area contributed by atoms with Crippen molar-refractivity contribution in [3.05, 3.63) is 47.1 Å². The van der Waals surface area contributed by atoms with Crippen LogP contribution in [0.2, 0.25) is 0 Å². The number of H-pyrrole nitrogens is 1. The van der Waals surface area contributed by atoms with Gasteiger partial charge in [0.1, 0.15) is 17.5 Å². The van der Waals surface area contributed by atoms with Crippen LogP contribution in [0.5, 0.6) is 0 Å². The molecule has 2 amide bonds. The number of amides is 2. The Kier molecular flexibility index (Phi) is 3.49. The fourth-order valence-corrected chi connectivity index (χ4v) is 6.35. The first-order chi connectivity index (χ1) is 15.4. The van der Waals surface area contributed by atoms with E-state index in [4.69, 9.17) is 0 Å². The molecule has 2 bridgehead atoms. The molecule has 2 aromatic rings. The molecule has 6 heterocycles.